The number of hydrogen-bond acceptors (Lipinski definition) is 5. The first-order valence-corrected chi connectivity index (χ1v) is 9.25. The number of hydrogen-bond donors (Lipinski definition) is 2. The summed E-state index contributed by atoms with van der Waals surface area (Å²) in [6, 6.07) is 0.139. The first-order chi connectivity index (χ1) is 12.0. The molecule has 0 radical (unpaired) electrons. The molecule has 0 aromatic rings. The van der Waals surface area contributed by atoms with Crippen molar-refractivity contribution in [3.8, 4) is 0 Å². The van der Waals surface area contributed by atoms with E-state index in [1.54, 1.807) is 0 Å². The molecule has 2 amide bonds. The molecule has 2 N–H and O–H groups in total. The number of amides is 2. The lowest BCUT2D eigenvalue weighted by atomic mass is 9.77. The number of Topliss-reactive ketones (excluding diaryl/α,β-unsaturated/α-hetero) is 1. The fourth-order valence-electron chi connectivity index (χ4n) is 2.37. The van der Waals surface area contributed by atoms with E-state index in [-0.39, 0.29) is 32.4 Å². The van der Waals surface area contributed by atoms with Crippen molar-refractivity contribution < 1.29 is 26.7 Å². The summed E-state index contributed by atoms with van der Waals surface area (Å²) in [5.41, 5.74) is 0. The van der Waals surface area contributed by atoms with E-state index < -0.39 is 0 Å². The minimum atomic E-state index is -0.0762. The SMILES string of the molecule is CC.CCC(=O)C1CC(NC(=O)CCOCCOCCNC(C)=O)C1.[HH].[HH]. The van der Waals surface area contributed by atoms with E-state index in [1.165, 1.54) is 6.92 Å². The second-order valence-electron chi connectivity index (χ2n) is 5.71. The van der Waals surface area contributed by atoms with Crippen LogP contribution in [0.1, 0.15) is 56.2 Å². The molecule has 25 heavy (non-hydrogen) atoms. The van der Waals surface area contributed by atoms with Crippen molar-refractivity contribution in [3.05, 3.63) is 0 Å². The summed E-state index contributed by atoms with van der Waals surface area (Å²) < 4.78 is 10.6. The average Bonchev–Trinajstić information content (AvgIpc) is 2.57. The van der Waals surface area contributed by atoms with Gasteiger partial charge in [-0.05, 0) is 12.8 Å². The summed E-state index contributed by atoms with van der Waals surface area (Å²) in [7, 11) is 0. The average molecular weight is 363 g/mol. The second kappa shape index (κ2) is 14.8. The summed E-state index contributed by atoms with van der Waals surface area (Å²) in [6.45, 7) is 9.47. The van der Waals surface area contributed by atoms with E-state index in [2.05, 4.69) is 10.6 Å². The highest BCUT2D eigenvalue weighted by Gasteiger charge is 2.33. The van der Waals surface area contributed by atoms with Gasteiger partial charge in [0.1, 0.15) is 5.78 Å². The lowest BCUT2D eigenvalue weighted by molar-refractivity contribution is -0.129. The molecule has 0 saturated heterocycles. The summed E-state index contributed by atoms with van der Waals surface area (Å²) in [5.74, 6) is 0.310. The second-order valence-corrected chi connectivity index (χ2v) is 5.71. The molecule has 1 fully saturated rings. The third-order valence-electron chi connectivity index (χ3n) is 3.77. The maximum atomic E-state index is 11.7. The Morgan fingerprint density at radius 3 is 2.20 bits per heavy atom. The molecule has 7 nitrogen and oxygen atoms in total. The zero-order valence-corrected chi connectivity index (χ0v) is 16.1. The maximum absolute atomic E-state index is 11.7. The lowest BCUT2D eigenvalue weighted by Crippen LogP contribution is -2.46. The fourth-order valence-corrected chi connectivity index (χ4v) is 2.37. The third kappa shape index (κ3) is 11.7. The molecule has 1 aliphatic carbocycles. The Labute approximate surface area is 154 Å². The van der Waals surface area contributed by atoms with E-state index in [0.717, 1.165) is 12.8 Å². The van der Waals surface area contributed by atoms with Crippen LogP contribution in [0.5, 0.6) is 0 Å². The van der Waals surface area contributed by atoms with Crippen LogP contribution in [-0.2, 0) is 23.9 Å². The highest BCUT2D eigenvalue weighted by atomic mass is 16.5. The number of carbonyl (C=O) groups is 3. The van der Waals surface area contributed by atoms with Gasteiger partial charge in [0.05, 0.1) is 26.4 Å². The van der Waals surface area contributed by atoms with Crippen molar-refractivity contribution in [1.82, 2.24) is 10.6 Å². The highest BCUT2D eigenvalue weighted by molar-refractivity contribution is 5.82. The molecule has 0 aromatic heterocycles. The molecular formula is C18H38N2O5. The Balaban J connectivity index is -0.00000139. The Hall–Kier alpha value is -1.47. The van der Waals surface area contributed by atoms with Crippen LogP contribution in [0.4, 0.5) is 0 Å². The zero-order valence-electron chi connectivity index (χ0n) is 16.1. The van der Waals surface area contributed by atoms with E-state index >= 15 is 0 Å². The quantitative estimate of drug-likeness (QED) is 0.518. The molecule has 7 heteroatoms. The van der Waals surface area contributed by atoms with E-state index in [9.17, 15) is 14.4 Å². The predicted octanol–water partition coefficient (Wildman–Crippen LogP) is 1.94. The molecule has 0 aromatic carbocycles. The van der Waals surface area contributed by atoms with Crippen LogP contribution >= 0.6 is 0 Å². The minimum absolute atomic E-state index is 0. The van der Waals surface area contributed by atoms with Crippen molar-refractivity contribution >= 4 is 17.6 Å². The van der Waals surface area contributed by atoms with Crippen LogP contribution in [0.3, 0.4) is 0 Å². The Morgan fingerprint density at radius 1 is 1.04 bits per heavy atom. The van der Waals surface area contributed by atoms with Gasteiger partial charge in [-0.25, -0.2) is 0 Å². The van der Waals surface area contributed by atoms with Crippen LogP contribution < -0.4 is 10.6 Å². The van der Waals surface area contributed by atoms with E-state index in [1.807, 2.05) is 20.8 Å². The van der Waals surface area contributed by atoms with Gasteiger partial charge in [0.25, 0.3) is 0 Å². The molecule has 1 aliphatic rings. The minimum Gasteiger partial charge on any atom is -0.379 e. The Kier molecular flexibility index (Phi) is 14.0. The van der Waals surface area contributed by atoms with Crippen molar-refractivity contribution in [1.29, 1.82) is 0 Å². The van der Waals surface area contributed by atoms with Gasteiger partial charge in [0.15, 0.2) is 0 Å². The summed E-state index contributed by atoms with van der Waals surface area (Å²) in [5, 5.41) is 5.54. The van der Waals surface area contributed by atoms with Gasteiger partial charge in [0.2, 0.25) is 11.8 Å². The first-order valence-electron chi connectivity index (χ1n) is 9.25. The lowest BCUT2D eigenvalue weighted by Gasteiger charge is -2.34. The van der Waals surface area contributed by atoms with Crippen LogP contribution in [0.15, 0.2) is 0 Å². The van der Waals surface area contributed by atoms with Gasteiger partial charge in [-0.15, -0.1) is 0 Å². The molecule has 0 heterocycles. The molecule has 0 atom stereocenters. The number of ketones is 1. The summed E-state index contributed by atoms with van der Waals surface area (Å²) in [4.78, 5) is 33.7. The molecule has 1 rings (SSSR count). The van der Waals surface area contributed by atoms with Gasteiger partial charge in [0, 0.05) is 41.1 Å². The molecule has 1 saturated carbocycles. The van der Waals surface area contributed by atoms with Crippen LogP contribution in [0, 0.1) is 5.92 Å². The smallest absolute Gasteiger partial charge is 0.222 e. The van der Waals surface area contributed by atoms with Crippen LogP contribution in [0.2, 0.25) is 0 Å². The van der Waals surface area contributed by atoms with Crippen LogP contribution in [-0.4, -0.2) is 56.6 Å². The van der Waals surface area contributed by atoms with Gasteiger partial charge in [-0.1, -0.05) is 20.8 Å². The molecule has 0 aliphatic heterocycles. The fraction of sp³-hybridized carbons (Fsp3) is 0.833. The van der Waals surface area contributed by atoms with Gasteiger partial charge in [-0.2, -0.15) is 0 Å². The normalized spacial score (nSPS) is 18.4. The largest absolute Gasteiger partial charge is 0.379 e. The van der Waals surface area contributed by atoms with Crippen LogP contribution in [0.25, 0.3) is 0 Å². The monoisotopic (exact) mass is 362 g/mol. The summed E-state index contributed by atoms with van der Waals surface area (Å²) in [6.07, 6.45) is 2.42. The highest BCUT2D eigenvalue weighted by Crippen LogP contribution is 2.29. The molecular weight excluding hydrogens is 324 g/mol. The maximum Gasteiger partial charge on any atom is 0.222 e. The number of carbonyl (C=O) groups excluding carboxylic acids is 3. The summed E-state index contributed by atoms with van der Waals surface area (Å²) >= 11 is 0. The zero-order chi connectivity index (χ0) is 19.1. The van der Waals surface area contributed by atoms with Gasteiger partial charge in [-0.3, -0.25) is 14.4 Å². The molecule has 0 unspecified atom stereocenters. The van der Waals surface area contributed by atoms with E-state index in [0.29, 0.717) is 45.8 Å². The van der Waals surface area contributed by atoms with E-state index in [4.69, 9.17) is 9.47 Å². The number of ether oxygens (including phenoxy) is 2. The topological polar surface area (TPSA) is 93.7 Å². The molecule has 0 spiro atoms. The van der Waals surface area contributed by atoms with Crippen molar-refractivity contribution in [2.75, 3.05) is 33.0 Å². The Morgan fingerprint density at radius 2 is 1.64 bits per heavy atom. The number of nitrogens with one attached hydrogen (secondary N) is 2. The van der Waals surface area contributed by atoms with Gasteiger partial charge >= 0.3 is 0 Å². The number of rotatable bonds is 12. The Bertz CT molecular complexity index is 405. The van der Waals surface area contributed by atoms with Gasteiger partial charge < -0.3 is 20.1 Å². The standard InChI is InChI=1S/C16H28N2O5.C2H6.2H2/c1-3-15(20)13-10-14(11-13)18-16(21)4-6-22-8-9-23-7-5-17-12(2)19;1-2;;/h13-14H,3-11H2,1-2H3,(H,17,19)(H,18,21);1-2H3;2*1H. The van der Waals surface area contributed by atoms with Crippen molar-refractivity contribution in [2.45, 2.75) is 59.4 Å². The molecule has 0 bridgehead atoms. The predicted molar refractivity (Wildman–Crippen MR) is 100 cm³/mol. The molecule has 150 valence electrons. The van der Waals surface area contributed by atoms with Crippen molar-refractivity contribution in [3.63, 3.8) is 0 Å². The van der Waals surface area contributed by atoms with Crippen molar-refractivity contribution in [2.24, 2.45) is 5.92 Å². The third-order valence-corrected chi connectivity index (χ3v) is 3.77. The first kappa shape index (κ1) is 23.5.